The molecular formula is C17H22NO5. The summed E-state index contributed by atoms with van der Waals surface area (Å²) in [6.45, 7) is 2.06. The van der Waals surface area contributed by atoms with Gasteiger partial charge in [-0.25, -0.2) is 0 Å². The third-order valence-corrected chi connectivity index (χ3v) is 3.68. The summed E-state index contributed by atoms with van der Waals surface area (Å²) < 4.78 is 16.4. The highest BCUT2D eigenvalue weighted by atomic mass is 16.8. The molecule has 1 heterocycles. The summed E-state index contributed by atoms with van der Waals surface area (Å²) in [4.78, 5) is 21.4. The molecule has 1 aliphatic heterocycles. The first kappa shape index (κ1) is 17.4. The van der Waals surface area contributed by atoms with E-state index in [4.69, 9.17) is 19.9 Å². The number of aryl methyl sites for hydroxylation is 1. The first-order valence-electron chi connectivity index (χ1n) is 7.64. The zero-order valence-corrected chi connectivity index (χ0v) is 13.2. The SMILES string of the molecule is CC1(C(N)=O)OC[C@@H](COc2ccc(CCC[CH]C=O)cc2)O1. The van der Waals surface area contributed by atoms with E-state index in [-0.39, 0.29) is 19.3 Å². The summed E-state index contributed by atoms with van der Waals surface area (Å²) in [5, 5.41) is 0. The fourth-order valence-corrected chi connectivity index (χ4v) is 2.28. The van der Waals surface area contributed by atoms with Crippen molar-refractivity contribution in [3.8, 4) is 5.75 Å². The van der Waals surface area contributed by atoms with Crippen LogP contribution in [0.3, 0.4) is 0 Å². The van der Waals surface area contributed by atoms with Gasteiger partial charge < -0.3 is 24.7 Å². The molecule has 2 N–H and O–H groups in total. The second-order valence-corrected chi connectivity index (χ2v) is 5.58. The van der Waals surface area contributed by atoms with Crippen molar-refractivity contribution in [2.45, 2.75) is 38.1 Å². The normalized spacial score (nSPS) is 23.6. The van der Waals surface area contributed by atoms with Gasteiger partial charge in [0.2, 0.25) is 5.79 Å². The largest absolute Gasteiger partial charge is 0.491 e. The van der Waals surface area contributed by atoms with E-state index in [0.717, 1.165) is 31.3 Å². The minimum absolute atomic E-state index is 0.269. The number of hydrogen-bond acceptors (Lipinski definition) is 5. The standard InChI is InChI=1S/C17H22NO5/c1-17(16(18)20)22-12-15(23-17)11-21-14-8-6-13(7-9-14)5-3-2-4-10-19/h4,6-10,15H,2-3,5,11-12H2,1H3,(H2,18,20)/t15-,17?/m1/s1. The Morgan fingerprint density at radius 2 is 2.17 bits per heavy atom. The van der Waals surface area contributed by atoms with Crippen molar-refractivity contribution in [3.05, 3.63) is 36.2 Å². The first-order chi connectivity index (χ1) is 11.0. The van der Waals surface area contributed by atoms with Crippen molar-refractivity contribution < 1.29 is 23.8 Å². The van der Waals surface area contributed by atoms with Crippen molar-refractivity contribution in [3.63, 3.8) is 0 Å². The summed E-state index contributed by atoms with van der Waals surface area (Å²) in [5.74, 6) is -1.28. The summed E-state index contributed by atoms with van der Waals surface area (Å²) in [5.41, 5.74) is 6.42. The lowest BCUT2D eigenvalue weighted by atomic mass is 10.1. The van der Waals surface area contributed by atoms with Gasteiger partial charge >= 0.3 is 0 Å². The van der Waals surface area contributed by atoms with Crippen LogP contribution in [0, 0.1) is 6.42 Å². The highest BCUT2D eigenvalue weighted by Crippen LogP contribution is 2.23. The quantitative estimate of drug-likeness (QED) is 0.549. The summed E-state index contributed by atoms with van der Waals surface area (Å²) in [7, 11) is 0. The van der Waals surface area contributed by atoms with E-state index >= 15 is 0 Å². The molecular weight excluding hydrogens is 298 g/mol. The molecule has 1 radical (unpaired) electrons. The van der Waals surface area contributed by atoms with Gasteiger partial charge in [-0.3, -0.25) is 4.79 Å². The Balaban J connectivity index is 1.74. The number of rotatable bonds is 9. The molecule has 125 valence electrons. The van der Waals surface area contributed by atoms with E-state index < -0.39 is 11.7 Å². The van der Waals surface area contributed by atoms with Crippen LogP contribution in [0.2, 0.25) is 0 Å². The van der Waals surface area contributed by atoms with Gasteiger partial charge in [-0.2, -0.15) is 0 Å². The smallest absolute Gasteiger partial charge is 0.277 e. The first-order valence-corrected chi connectivity index (χ1v) is 7.64. The maximum atomic E-state index is 11.2. The number of carbonyl (C=O) groups excluding carboxylic acids is 2. The Kier molecular flexibility index (Phi) is 6.12. The summed E-state index contributed by atoms with van der Waals surface area (Å²) in [6, 6.07) is 7.77. The van der Waals surface area contributed by atoms with Crippen molar-refractivity contribution in [1.82, 2.24) is 0 Å². The molecule has 1 aromatic rings. The molecule has 2 rings (SSSR count). The van der Waals surface area contributed by atoms with E-state index in [1.165, 1.54) is 12.5 Å². The van der Waals surface area contributed by atoms with E-state index in [1.807, 2.05) is 24.3 Å². The Morgan fingerprint density at radius 1 is 1.43 bits per heavy atom. The molecule has 1 aromatic carbocycles. The maximum Gasteiger partial charge on any atom is 0.277 e. The van der Waals surface area contributed by atoms with Gasteiger partial charge in [0.25, 0.3) is 5.91 Å². The monoisotopic (exact) mass is 320 g/mol. The lowest BCUT2D eigenvalue weighted by molar-refractivity contribution is -0.178. The van der Waals surface area contributed by atoms with Gasteiger partial charge in [-0.15, -0.1) is 0 Å². The Hall–Kier alpha value is -1.92. The predicted octanol–water partition coefficient (Wildman–Crippen LogP) is 1.41. The van der Waals surface area contributed by atoms with Crippen molar-refractivity contribution in [2.24, 2.45) is 5.73 Å². The van der Waals surface area contributed by atoms with E-state index in [1.54, 1.807) is 6.42 Å². The molecule has 0 bridgehead atoms. The second-order valence-electron chi connectivity index (χ2n) is 5.58. The topological polar surface area (TPSA) is 87.9 Å². The number of primary amides is 1. The van der Waals surface area contributed by atoms with Gasteiger partial charge in [0, 0.05) is 6.42 Å². The number of benzene rings is 1. The molecule has 1 fully saturated rings. The maximum absolute atomic E-state index is 11.2. The zero-order valence-electron chi connectivity index (χ0n) is 13.2. The van der Waals surface area contributed by atoms with Crippen LogP contribution in [0.4, 0.5) is 0 Å². The Bertz CT molecular complexity index is 530. The molecule has 6 nitrogen and oxygen atoms in total. The highest BCUT2D eigenvalue weighted by molar-refractivity contribution is 5.81. The summed E-state index contributed by atoms with van der Waals surface area (Å²) in [6.07, 6.45) is 4.78. The van der Waals surface area contributed by atoms with Crippen LogP contribution in [-0.4, -0.2) is 37.3 Å². The van der Waals surface area contributed by atoms with Crippen LogP contribution in [0.25, 0.3) is 0 Å². The minimum Gasteiger partial charge on any atom is -0.491 e. The van der Waals surface area contributed by atoms with Gasteiger partial charge in [0.15, 0.2) is 0 Å². The van der Waals surface area contributed by atoms with Crippen LogP contribution in [0.15, 0.2) is 24.3 Å². The molecule has 0 saturated carbocycles. The van der Waals surface area contributed by atoms with Crippen molar-refractivity contribution in [1.29, 1.82) is 0 Å². The number of unbranched alkanes of at least 4 members (excludes halogenated alkanes) is 2. The fraction of sp³-hybridized carbons (Fsp3) is 0.471. The second kappa shape index (κ2) is 8.08. The van der Waals surface area contributed by atoms with Gasteiger partial charge in [0.1, 0.15) is 24.7 Å². The van der Waals surface area contributed by atoms with Gasteiger partial charge in [0.05, 0.1) is 6.61 Å². The third kappa shape index (κ3) is 5.04. The van der Waals surface area contributed by atoms with Crippen molar-refractivity contribution >= 4 is 12.2 Å². The molecule has 6 heteroatoms. The minimum atomic E-state index is -1.36. The van der Waals surface area contributed by atoms with Crippen LogP contribution in [0.5, 0.6) is 5.75 Å². The summed E-state index contributed by atoms with van der Waals surface area (Å²) >= 11 is 0. The molecule has 0 aliphatic carbocycles. The lowest BCUT2D eigenvalue weighted by Gasteiger charge is -2.18. The molecule has 1 amide bonds. The van der Waals surface area contributed by atoms with Gasteiger partial charge in [-0.05, 0) is 43.9 Å². The molecule has 0 spiro atoms. The van der Waals surface area contributed by atoms with E-state index in [9.17, 15) is 9.59 Å². The van der Waals surface area contributed by atoms with Crippen LogP contribution in [-0.2, 0) is 25.5 Å². The molecule has 2 atom stereocenters. The van der Waals surface area contributed by atoms with Crippen LogP contribution >= 0.6 is 0 Å². The van der Waals surface area contributed by atoms with E-state index in [0.29, 0.717) is 0 Å². The molecule has 1 unspecified atom stereocenters. The van der Waals surface area contributed by atoms with Crippen LogP contribution in [0.1, 0.15) is 25.3 Å². The highest BCUT2D eigenvalue weighted by Gasteiger charge is 2.42. The molecule has 1 saturated heterocycles. The third-order valence-electron chi connectivity index (χ3n) is 3.68. The average molecular weight is 320 g/mol. The average Bonchev–Trinajstić information content (AvgIpc) is 2.94. The Labute approximate surface area is 135 Å². The fourth-order valence-electron chi connectivity index (χ4n) is 2.28. The number of nitrogens with two attached hydrogens (primary N) is 1. The van der Waals surface area contributed by atoms with Gasteiger partial charge in [-0.1, -0.05) is 12.1 Å². The van der Waals surface area contributed by atoms with E-state index in [2.05, 4.69) is 0 Å². The zero-order chi connectivity index (χ0) is 16.7. The predicted molar refractivity (Wildman–Crippen MR) is 83.7 cm³/mol. The number of ether oxygens (including phenoxy) is 3. The number of hydrogen-bond donors (Lipinski definition) is 1. The number of carbonyl (C=O) groups is 2. The number of aldehydes is 1. The lowest BCUT2D eigenvalue weighted by Crippen LogP contribution is -2.42. The Morgan fingerprint density at radius 3 is 2.78 bits per heavy atom. The molecule has 23 heavy (non-hydrogen) atoms. The van der Waals surface area contributed by atoms with Crippen molar-refractivity contribution in [2.75, 3.05) is 13.2 Å². The molecule has 1 aliphatic rings. The molecule has 0 aromatic heterocycles. The van der Waals surface area contributed by atoms with Crippen LogP contribution < -0.4 is 10.5 Å². The number of amides is 1.